The van der Waals surface area contributed by atoms with E-state index in [1.807, 2.05) is 12.2 Å². The van der Waals surface area contributed by atoms with Crippen molar-refractivity contribution in [3.8, 4) is 0 Å². The first-order valence-electron chi connectivity index (χ1n) is 2.82. The maximum Gasteiger partial charge on any atom is 0.174 e. The molecule has 10 heavy (non-hydrogen) atoms. The molecule has 1 heterocycles. The van der Waals surface area contributed by atoms with Crippen LogP contribution in [-0.2, 0) is 4.94 Å². The molecule has 0 aromatic carbocycles. The second-order valence-corrected chi connectivity index (χ2v) is 1.63. The van der Waals surface area contributed by atoms with E-state index in [1.54, 1.807) is 6.21 Å². The van der Waals surface area contributed by atoms with Gasteiger partial charge in [0.1, 0.15) is 0 Å². The van der Waals surface area contributed by atoms with Gasteiger partial charge >= 0.3 is 0 Å². The maximum absolute atomic E-state index is 4.33. The quantitative estimate of drug-likeness (QED) is 0.413. The molecule has 0 fully saturated rings. The molecule has 0 aromatic heterocycles. The lowest BCUT2D eigenvalue weighted by molar-refractivity contribution is 0.157. The van der Waals surface area contributed by atoms with Crippen LogP contribution in [0.15, 0.2) is 27.5 Å². The first kappa shape index (κ1) is 6.67. The zero-order chi connectivity index (χ0) is 7.23. The van der Waals surface area contributed by atoms with Crippen LogP contribution in [0.3, 0.4) is 0 Å². The maximum atomic E-state index is 4.33. The normalized spacial score (nSPS) is 19.4. The zero-order valence-corrected chi connectivity index (χ0v) is 5.40. The molecule has 0 aliphatic carbocycles. The Labute approximate surface area is 58.6 Å². The summed E-state index contributed by atoms with van der Waals surface area (Å²) in [6.45, 7) is 3.10. The molecule has 1 aliphatic heterocycles. The van der Waals surface area contributed by atoms with Crippen molar-refractivity contribution >= 4 is 18.8 Å². The van der Waals surface area contributed by atoms with Gasteiger partial charge in [-0.1, -0.05) is 11.2 Å². The summed E-state index contributed by atoms with van der Waals surface area (Å²) in [5.41, 5.74) is 0. The molecule has 0 amide bonds. The smallest absolute Gasteiger partial charge is 0.174 e. The van der Waals surface area contributed by atoms with Gasteiger partial charge in [-0.15, -0.1) is 0 Å². The third-order valence-corrected chi connectivity index (χ3v) is 0.950. The van der Waals surface area contributed by atoms with Crippen LogP contribution in [0.2, 0.25) is 0 Å². The van der Waals surface area contributed by atoms with Gasteiger partial charge in [0, 0.05) is 19.4 Å². The number of dihydropyridines is 1. The Bertz CT molecular complexity index is 205. The van der Waals surface area contributed by atoms with Crippen molar-refractivity contribution in [3.05, 3.63) is 12.2 Å². The average Bonchev–Trinajstić information content (AvgIpc) is 2.03. The lowest BCUT2D eigenvalue weighted by atomic mass is 10.3. The number of nitrogens with zero attached hydrogens (tertiary/aromatic N) is 3. The predicted molar refractivity (Wildman–Crippen MR) is 40.3 cm³/mol. The minimum Gasteiger partial charge on any atom is -0.243 e. The second-order valence-electron chi connectivity index (χ2n) is 1.63. The Morgan fingerprint density at radius 1 is 1.70 bits per heavy atom. The molecular weight excluding hydrogens is 130 g/mol. The summed E-state index contributed by atoms with van der Waals surface area (Å²) < 4.78 is 0. The summed E-state index contributed by atoms with van der Waals surface area (Å²) in [7, 11) is 0. The third kappa shape index (κ3) is 1.81. The largest absolute Gasteiger partial charge is 0.243 e. The molecule has 0 aromatic rings. The van der Waals surface area contributed by atoms with Crippen molar-refractivity contribution in [2.45, 2.75) is 6.42 Å². The molecule has 0 saturated heterocycles. The van der Waals surface area contributed by atoms with Gasteiger partial charge in [-0.25, -0.2) is 9.93 Å². The Kier molecular flexibility index (Phi) is 2.37. The number of oxime groups is 2. The van der Waals surface area contributed by atoms with Crippen LogP contribution in [-0.4, -0.2) is 18.8 Å². The minimum absolute atomic E-state index is 0.606. The van der Waals surface area contributed by atoms with E-state index in [0.29, 0.717) is 12.3 Å². The summed E-state index contributed by atoms with van der Waals surface area (Å²) in [6, 6.07) is 0. The second kappa shape index (κ2) is 3.55. The van der Waals surface area contributed by atoms with Crippen LogP contribution in [0, 0.1) is 0 Å². The summed E-state index contributed by atoms with van der Waals surface area (Å²) in [6.07, 6.45) is 6.11. The molecule has 52 valence electrons. The third-order valence-electron chi connectivity index (χ3n) is 0.950. The van der Waals surface area contributed by atoms with E-state index in [1.165, 1.54) is 0 Å². The molecule has 0 bridgehead atoms. The van der Waals surface area contributed by atoms with Gasteiger partial charge in [-0.3, -0.25) is 0 Å². The highest BCUT2D eigenvalue weighted by atomic mass is 16.8. The van der Waals surface area contributed by atoms with Crippen LogP contribution >= 0.6 is 0 Å². The minimum atomic E-state index is 0.606. The number of rotatable bonds is 2. The van der Waals surface area contributed by atoms with Crippen molar-refractivity contribution in [1.82, 2.24) is 0 Å². The van der Waals surface area contributed by atoms with Gasteiger partial charge in [0.05, 0.1) is 0 Å². The number of hydrogen-bond acceptors (Lipinski definition) is 3. The van der Waals surface area contributed by atoms with Gasteiger partial charge in [-0.05, 0) is 11.2 Å². The number of hydrogen-bond donors (Lipinski definition) is 0. The molecule has 4 heteroatoms. The fraction of sp³-hybridized carbons (Fsp3) is 0.167. The van der Waals surface area contributed by atoms with Gasteiger partial charge in [0.2, 0.25) is 0 Å². The SMILES string of the molecule is C=NO/N=C1\CC=CC=N1. The van der Waals surface area contributed by atoms with Crippen LogP contribution < -0.4 is 0 Å². The monoisotopic (exact) mass is 137 g/mol. The lowest BCUT2D eigenvalue weighted by Gasteiger charge is -1.95. The van der Waals surface area contributed by atoms with E-state index < -0.39 is 0 Å². The predicted octanol–water partition coefficient (Wildman–Crippen LogP) is 0.963. The highest BCUT2D eigenvalue weighted by Gasteiger charge is 1.95. The molecule has 1 rings (SSSR count). The highest BCUT2D eigenvalue weighted by molar-refractivity contribution is 5.95. The molecule has 0 unspecified atom stereocenters. The Morgan fingerprint density at radius 3 is 3.20 bits per heavy atom. The Hall–Kier alpha value is -1.45. The molecule has 0 saturated carbocycles. The molecule has 0 radical (unpaired) electrons. The van der Waals surface area contributed by atoms with E-state index in [2.05, 4.69) is 27.0 Å². The van der Waals surface area contributed by atoms with Crippen molar-refractivity contribution in [3.63, 3.8) is 0 Å². The van der Waals surface area contributed by atoms with Crippen molar-refractivity contribution in [1.29, 1.82) is 0 Å². The van der Waals surface area contributed by atoms with Gasteiger partial charge < -0.3 is 0 Å². The van der Waals surface area contributed by atoms with Crippen LogP contribution in [0.5, 0.6) is 0 Å². The lowest BCUT2D eigenvalue weighted by Crippen LogP contribution is -1.96. The summed E-state index contributed by atoms with van der Waals surface area (Å²) in [5.74, 6) is 0.606. The van der Waals surface area contributed by atoms with Crippen LogP contribution in [0.1, 0.15) is 6.42 Å². The number of aliphatic imine (C=N–C) groups is 1. The van der Waals surface area contributed by atoms with Crippen molar-refractivity contribution < 1.29 is 4.94 Å². The highest BCUT2D eigenvalue weighted by Crippen LogP contribution is 1.96. The molecule has 1 aliphatic rings. The summed E-state index contributed by atoms with van der Waals surface area (Å²) in [4.78, 5) is 8.22. The zero-order valence-electron chi connectivity index (χ0n) is 5.40. The molecule has 0 spiro atoms. The fourth-order valence-electron chi connectivity index (χ4n) is 0.553. The molecular formula is C6H7N3O. The number of allylic oxidation sites excluding steroid dienone is 1. The molecule has 0 N–H and O–H groups in total. The van der Waals surface area contributed by atoms with Gasteiger partial charge in [0.25, 0.3) is 0 Å². The topological polar surface area (TPSA) is 46.3 Å². The van der Waals surface area contributed by atoms with Crippen LogP contribution in [0.4, 0.5) is 0 Å². The van der Waals surface area contributed by atoms with Crippen LogP contribution in [0.25, 0.3) is 0 Å². The van der Waals surface area contributed by atoms with Crippen molar-refractivity contribution in [2.24, 2.45) is 15.3 Å². The fourth-order valence-corrected chi connectivity index (χ4v) is 0.553. The van der Waals surface area contributed by atoms with E-state index in [-0.39, 0.29) is 0 Å². The first-order chi connectivity index (χ1) is 4.93. The molecule has 4 nitrogen and oxygen atoms in total. The van der Waals surface area contributed by atoms with Gasteiger partial charge in [-0.2, -0.15) is 0 Å². The Morgan fingerprint density at radius 2 is 2.60 bits per heavy atom. The van der Waals surface area contributed by atoms with E-state index in [9.17, 15) is 0 Å². The van der Waals surface area contributed by atoms with Crippen molar-refractivity contribution in [2.75, 3.05) is 0 Å². The van der Waals surface area contributed by atoms with E-state index >= 15 is 0 Å². The number of amidine groups is 1. The van der Waals surface area contributed by atoms with Gasteiger partial charge in [0.15, 0.2) is 5.84 Å². The Balaban J connectivity index is 2.49. The van der Waals surface area contributed by atoms with E-state index in [4.69, 9.17) is 0 Å². The summed E-state index contributed by atoms with van der Waals surface area (Å²) in [5, 5.41) is 6.63. The molecule has 0 atom stereocenters. The average molecular weight is 137 g/mol. The standard InChI is InChI=1S/C6H7N3O/c1-7-10-9-6-4-2-3-5-8-6/h2-3,5H,1,4H2/b9-6+. The first-order valence-corrected chi connectivity index (χ1v) is 2.82. The van der Waals surface area contributed by atoms with E-state index in [0.717, 1.165) is 0 Å². The summed E-state index contributed by atoms with van der Waals surface area (Å²) >= 11 is 0.